The zero-order valence-electron chi connectivity index (χ0n) is 16.9. The van der Waals surface area contributed by atoms with Crippen molar-refractivity contribution in [2.24, 2.45) is 0 Å². The molecule has 30 heavy (non-hydrogen) atoms. The molecular weight excluding hydrogens is 406 g/mol. The molecule has 0 aliphatic rings. The molecular formula is C20H23N5O4S. The van der Waals surface area contributed by atoms with Crippen molar-refractivity contribution in [1.29, 1.82) is 0 Å². The van der Waals surface area contributed by atoms with Gasteiger partial charge in [0.1, 0.15) is 6.04 Å². The van der Waals surface area contributed by atoms with Crippen molar-refractivity contribution in [3.63, 3.8) is 0 Å². The van der Waals surface area contributed by atoms with Crippen molar-refractivity contribution < 1.29 is 18.0 Å². The summed E-state index contributed by atoms with van der Waals surface area (Å²) < 4.78 is 27.7. The molecule has 0 bridgehead atoms. The van der Waals surface area contributed by atoms with Crippen molar-refractivity contribution in [3.8, 4) is 0 Å². The average molecular weight is 430 g/mol. The Balaban J connectivity index is 1.58. The van der Waals surface area contributed by atoms with Gasteiger partial charge >= 0.3 is 0 Å². The number of hydrazine groups is 1. The summed E-state index contributed by atoms with van der Waals surface area (Å²) in [5, 5.41) is 0. The molecule has 0 saturated heterocycles. The number of sulfonamides is 1. The number of aromatic nitrogens is 2. The number of amides is 2. The van der Waals surface area contributed by atoms with Crippen LogP contribution in [0.3, 0.4) is 0 Å². The fourth-order valence-corrected chi connectivity index (χ4v) is 3.99. The summed E-state index contributed by atoms with van der Waals surface area (Å²) in [6, 6.07) is 13.1. The number of nitrogens with one attached hydrogen (secondary N) is 2. The average Bonchev–Trinajstić information content (AvgIpc) is 3.15. The molecule has 1 aromatic heterocycles. The number of hydrogen-bond donors (Lipinski definition) is 2. The number of hydrogen-bond acceptors (Lipinski definition) is 5. The van der Waals surface area contributed by atoms with Crippen molar-refractivity contribution in [2.75, 3.05) is 13.6 Å². The van der Waals surface area contributed by atoms with Gasteiger partial charge in [-0.1, -0.05) is 29.8 Å². The second-order valence-corrected chi connectivity index (χ2v) is 8.97. The summed E-state index contributed by atoms with van der Waals surface area (Å²) in [5.41, 5.74) is 7.06. The van der Waals surface area contributed by atoms with Gasteiger partial charge in [0.05, 0.1) is 28.8 Å². The number of carbonyl (C=O) groups excluding carboxylic acids is 2. The van der Waals surface area contributed by atoms with Crippen molar-refractivity contribution >= 4 is 32.9 Å². The van der Waals surface area contributed by atoms with Gasteiger partial charge in [0.2, 0.25) is 10.0 Å². The third-order valence-corrected chi connectivity index (χ3v) is 6.52. The van der Waals surface area contributed by atoms with E-state index < -0.39 is 34.4 Å². The highest BCUT2D eigenvalue weighted by Crippen LogP contribution is 2.17. The van der Waals surface area contributed by atoms with E-state index in [2.05, 4.69) is 15.8 Å². The first-order valence-electron chi connectivity index (χ1n) is 9.23. The van der Waals surface area contributed by atoms with Crippen LogP contribution in [0.2, 0.25) is 0 Å². The maximum Gasteiger partial charge on any atom is 0.261 e. The molecule has 0 aliphatic carbocycles. The highest BCUT2D eigenvalue weighted by Gasteiger charge is 2.23. The van der Waals surface area contributed by atoms with Gasteiger partial charge in [-0.05, 0) is 38.1 Å². The van der Waals surface area contributed by atoms with Gasteiger partial charge in [-0.2, -0.15) is 4.31 Å². The van der Waals surface area contributed by atoms with Crippen LogP contribution in [0.15, 0.2) is 59.8 Å². The Morgan fingerprint density at radius 3 is 2.47 bits per heavy atom. The lowest BCUT2D eigenvalue weighted by Gasteiger charge is -2.18. The monoisotopic (exact) mass is 429 g/mol. The number of rotatable bonds is 6. The number of para-hydroxylation sites is 2. The zero-order valence-corrected chi connectivity index (χ0v) is 17.7. The van der Waals surface area contributed by atoms with Crippen molar-refractivity contribution in [1.82, 2.24) is 24.7 Å². The summed E-state index contributed by atoms with van der Waals surface area (Å²) in [7, 11) is -2.52. The Morgan fingerprint density at radius 1 is 1.10 bits per heavy atom. The summed E-state index contributed by atoms with van der Waals surface area (Å²) >= 11 is 0. The first-order chi connectivity index (χ1) is 14.2. The van der Waals surface area contributed by atoms with Crippen LogP contribution in [0, 0.1) is 6.92 Å². The molecule has 9 nitrogen and oxygen atoms in total. The minimum absolute atomic E-state index is 0.0908. The molecule has 1 heterocycles. The number of fused-ring (bicyclic) bond motifs is 1. The number of aryl methyl sites for hydroxylation is 1. The predicted octanol–water partition coefficient (Wildman–Crippen LogP) is 1.37. The van der Waals surface area contributed by atoms with E-state index in [-0.39, 0.29) is 4.90 Å². The standard InChI is InChI=1S/C20H23N5O4S/c1-14-8-10-16(11-9-14)30(28,29)24(3)12-19(26)22-23-20(27)15(2)25-13-21-17-6-4-5-7-18(17)25/h4-11,13,15H,12H2,1-3H3,(H,22,26)(H,23,27). The SMILES string of the molecule is Cc1ccc(S(=O)(=O)N(C)CC(=O)NNC(=O)C(C)n2cnc3ccccc32)cc1. The van der Waals surface area contributed by atoms with E-state index in [1.807, 2.05) is 31.2 Å². The third kappa shape index (κ3) is 4.50. The van der Waals surface area contributed by atoms with Gasteiger partial charge in [-0.3, -0.25) is 20.4 Å². The molecule has 1 unspecified atom stereocenters. The van der Waals surface area contributed by atoms with Crippen LogP contribution in [0.25, 0.3) is 11.0 Å². The summed E-state index contributed by atoms with van der Waals surface area (Å²) in [4.78, 5) is 28.9. The van der Waals surface area contributed by atoms with E-state index in [4.69, 9.17) is 0 Å². The molecule has 1 atom stereocenters. The minimum Gasteiger partial charge on any atom is -0.318 e. The van der Waals surface area contributed by atoms with Crippen LogP contribution in [0.4, 0.5) is 0 Å². The first-order valence-corrected chi connectivity index (χ1v) is 10.7. The van der Waals surface area contributed by atoms with E-state index in [9.17, 15) is 18.0 Å². The number of imidazole rings is 1. The number of nitrogens with zero attached hydrogens (tertiary/aromatic N) is 3. The van der Waals surface area contributed by atoms with Gasteiger partial charge in [-0.25, -0.2) is 13.4 Å². The topological polar surface area (TPSA) is 113 Å². The lowest BCUT2D eigenvalue weighted by Crippen LogP contribution is -2.48. The van der Waals surface area contributed by atoms with Crippen LogP contribution in [0.5, 0.6) is 0 Å². The molecule has 2 N–H and O–H groups in total. The first kappa shape index (κ1) is 21.5. The molecule has 0 aliphatic heterocycles. The van der Waals surface area contributed by atoms with E-state index in [0.29, 0.717) is 0 Å². The fraction of sp³-hybridized carbons (Fsp3) is 0.250. The normalized spacial score (nSPS) is 12.7. The molecule has 0 spiro atoms. The Morgan fingerprint density at radius 2 is 1.77 bits per heavy atom. The van der Waals surface area contributed by atoms with Gasteiger partial charge in [0, 0.05) is 7.05 Å². The molecule has 3 aromatic rings. The van der Waals surface area contributed by atoms with E-state index >= 15 is 0 Å². The molecule has 0 fully saturated rings. The molecule has 2 amide bonds. The smallest absolute Gasteiger partial charge is 0.261 e. The maximum absolute atomic E-state index is 12.6. The summed E-state index contributed by atoms with van der Waals surface area (Å²) in [6.45, 7) is 3.08. The zero-order chi connectivity index (χ0) is 21.9. The fourth-order valence-electron chi connectivity index (χ4n) is 2.87. The lowest BCUT2D eigenvalue weighted by molar-refractivity contribution is -0.130. The molecule has 0 radical (unpaired) electrons. The second-order valence-electron chi connectivity index (χ2n) is 6.93. The molecule has 10 heteroatoms. The Kier molecular flexibility index (Phi) is 6.18. The number of benzene rings is 2. The van der Waals surface area contributed by atoms with Crippen molar-refractivity contribution in [3.05, 3.63) is 60.4 Å². The lowest BCUT2D eigenvalue weighted by atomic mass is 10.2. The van der Waals surface area contributed by atoms with Crippen LogP contribution >= 0.6 is 0 Å². The van der Waals surface area contributed by atoms with Gasteiger partial charge in [0.15, 0.2) is 0 Å². The Hall–Kier alpha value is -3.24. The van der Waals surface area contributed by atoms with Gasteiger partial charge in [-0.15, -0.1) is 0 Å². The summed E-state index contributed by atoms with van der Waals surface area (Å²) in [6.07, 6.45) is 1.55. The van der Waals surface area contributed by atoms with Crippen LogP contribution in [-0.2, 0) is 19.6 Å². The van der Waals surface area contributed by atoms with Crippen molar-refractivity contribution in [2.45, 2.75) is 24.8 Å². The van der Waals surface area contributed by atoms with E-state index in [1.165, 1.54) is 19.2 Å². The Bertz CT molecular complexity index is 1170. The van der Waals surface area contributed by atoms with Crippen LogP contribution < -0.4 is 10.9 Å². The van der Waals surface area contributed by atoms with E-state index in [0.717, 1.165) is 20.9 Å². The van der Waals surface area contributed by atoms with Crippen LogP contribution in [0.1, 0.15) is 18.5 Å². The number of carbonyl (C=O) groups is 2. The molecule has 0 saturated carbocycles. The Labute approximate surface area is 174 Å². The minimum atomic E-state index is -3.82. The highest BCUT2D eigenvalue weighted by atomic mass is 32.2. The molecule has 3 rings (SSSR count). The second kappa shape index (κ2) is 8.64. The summed E-state index contributed by atoms with van der Waals surface area (Å²) in [5.74, 6) is -1.13. The quantitative estimate of drug-likeness (QED) is 0.575. The largest absolute Gasteiger partial charge is 0.318 e. The van der Waals surface area contributed by atoms with Gasteiger partial charge < -0.3 is 4.57 Å². The van der Waals surface area contributed by atoms with E-state index in [1.54, 1.807) is 30.0 Å². The highest BCUT2D eigenvalue weighted by molar-refractivity contribution is 7.89. The van der Waals surface area contributed by atoms with Crippen LogP contribution in [-0.4, -0.2) is 47.7 Å². The molecule has 158 valence electrons. The maximum atomic E-state index is 12.6. The van der Waals surface area contributed by atoms with Gasteiger partial charge in [0.25, 0.3) is 11.8 Å². The molecule has 2 aromatic carbocycles. The number of likely N-dealkylation sites (N-methyl/N-ethyl adjacent to an activating group) is 1. The third-order valence-electron chi connectivity index (χ3n) is 4.70. The predicted molar refractivity (Wildman–Crippen MR) is 112 cm³/mol.